The Morgan fingerprint density at radius 1 is 1.08 bits per heavy atom. The van der Waals surface area contributed by atoms with Gasteiger partial charge in [-0.25, -0.2) is 0 Å². The monoisotopic (exact) mass is 369 g/mol. The first-order valence-corrected chi connectivity index (χ1v) is 9.75. The van der Waals surface area contributed by atoms with Crippen molar-refractivity contribution in [1.82, 2.24) is 9.88 Å². The lowest BCUT2D eigenvalue weighted by Gasteiger charge is -2.33. The van der Waals surface area contributed by atoms with Crippen LogP contribution in [0.5, 0.6) is 0 Å². The Balaban J connectivity index is 2.25. The highest BCUT2D eigenvalue weighted by molar-refractivity contribution is 7.80. The molecule has 1 aromatic heterocycles. The Bertz CT molecular complexity index is 717. The highest BCUT2D eigenvalue weighted by Gasteiger charge is 2.20. The summed E-state index contributed by atoms with van der Waals surface area (Å²) in [5.74, 6) is 0.632. The van der Waals surface area contributed by atoms with Gasteiger partial charge in [0, 0.05) is 24.6 Å². The van der Waals surface area contributed by atoms with Crippen LogP contribution in [0, 0.1) is 26.7 Å². The molecule has 1 aromatic carbocycles. The minimum Gasteiger partial charge on any atom is -0.342 e. The molecule has 0 amide bonds. The molecule has 1 heterocycles. The number of nitrogens with one attached hydrogen (secondary N) is 1. The van der Waals surface area contributed by atoms with Crippen LogP contribution in [-0.2, 0) is 0 Å². The molecule has 1 N–H and O–H groups in total. The fourth-order valence-electron chi connectivity index (χ4n) is 3.25. The molecule has 2 rings (SSSR count). The van der Waals surface area contributed by atoms with Crippen molar-refractivity contribution in [3.05, 3.63) is 58.9 Å². The van der Waals surface area contributed by atoms with Crippen LogP contribution in [0.2, 0.25) is 0 Å². The van der Waals surface area contributed by atoms with E-state index in [1.165, 1.54) is 22.3 Å². The normalized spacial score (nSPS) is 12.1. The summed E-state index contributed by atoms with van der Waals surface area (Å²) in [5, 5.41) is 4.30. The van der Waals surface area contributed by atoms with Crippen LogP contribution in [-0.4, -0.2) is 21.5 Å². The molecule has 0 radical (unpaired) electrons. The Hall–Kier alpha value is -1.94. The number of hydrogen-bond donors (Lipinski definition) is 1. The van der Waals surface area contributed by atoms with Crippen LogP contribution < -0.4 is 5.32 Å². The van der Waals surface area contributed by atoms with Crippen molar-refractivity contribution in [3.8, 4) is 0 Å². The third-order valence-corrected chi connectivity index (χ3v) is 5.11. The van der Waals surface area contributed by atoms with Crippen LogP contribution in [0.25, 0.3) is 0 Å². The molecule has 140 valence electrons. The molecule has 0 fully saturated rings. The van der Waals surface area contributed by atoms with Gasteiger partial charge in [-0.05, 0) is 81.1 Å². The SMILES string of the molecule is Cc1cc(C)c(NC(=S)N(CCC(C)C)[C@H](C)c2ccncc2)c(C)c1. The van der Waals surface area contributed by atoms with E-state index in [1.807, 2.05) is 12.4 Å². The second-order valence-electron chi connectivity index (χ2n) is 7.54. The van der Waals surface area contributed by atoms with Crippen molar-refractivity contribution >= 4 is 23.0 Å². The molecule has 3 nitrogen and oxygen atoms in total. The van der Waals surface area contributed by atoms with E-state index in [-0.39, 0.29) is 6.04 Å². The first-order valence-electron chi connectivity index (χ1n) is 9.35. The molecule has 2 aromatic rings. The number of thiocarbonyl (C=S) groups is 1. The molecule has 26 heavy (non-hydrogen) atoms. The molecular weight excluding hydrogens is 338 g/mol. The first-order chi connectivity index (χ1) is 12.3. The molecule has 0 spiro atoms. The van der Waals surface area contributed by atoms with Crippen LogP contribution >= 0.6 is 12.2 Å². The van der Waals surface area contributed by atoms with Gasteiger partial charge < -0.3 is 10.2 Å². The zero-order valence-electron chi connectivity index (χ0n) is 16.8. The predicted molar refractivity (Wildman–Crippen MR) is 116 cm³/mol. The standard InChI is InChI=1S/C22H31N3S/c1-15(2)9-12-25(19(6)20-7-10-23-11-8-20)22(26)24-21-17(4)13-16(3)14-18(21)5/h7-8,10-11,13-15,19H,9,12H2,1-6H3,(H,24,26)/t19-/m1/s1. The summed E-state index contributed by atoms with van der Waals surface area (Å²) in [4.78, 5) is 6.43. The number of rotatable bonds is 6. The van der Waals surface area contributed by atoms with Crippen molar-refractivity contribution < 1.29 is 0 Å². The molecule has 4 heteroatoms. The average Bonchev–Trinajstić information content (AvgIpc) is 2.58. The number of hydrogen-bond acceptors (Lipinski definition) is 2. The van der Waals surface area contributed by atoms with Crippen LogP contribution in [0.4, 0.5) is 5.69 Å². The lowest BCUT2D eigenvalue weighted by atomic mass is 10.0. The number of pyridine rings is 1. The van der Waals surface area contributed by atoms with Crippen LogP contribution in [0.15, 0.2) is 36.7 Å². The lowest BCUT2D eigenvalue weighted by Crippen LogP contribution is -2.38. The third-order valence-electron chi connectivity index (χ3n) is 4.77. The summed E-state index contributed by atoms with van der Waals surface area (Å²) in [6, 6.07) is 8.73. The topological polar surface area (TPSA) is 28.2 Å². The molecule has 0 saturated carbocycles. The minimum absolute atomic E-state index is 0.197. The number of aromatic nitrogens is 1. The molecule has 0 aliphatic heterocycles. The summed E-state index contributed by atoms with van der Waals surface area (Å²) < 4.78 is 0. The molecule has 0 aliphatic carbocycles. The second-order valence-corrected chi connectivity index (χ2v) is 7.92. The Kier molecular flexibility index (Phi) is 7.15. The summed E-state index contributed by atoms with van der Waals surface area (Å²) >= 11 is 5.84. The Morgan fingerprint density at radius 3 is 2.19 bits per heavy atom. The van der Waals surface area contributed by atoms with Crippen molar-refractivity contribution in [3.63, 3.8) is 0 Å². The molecule has 1 atom stereocenters. The Labute approximate surface area is 163 Å². The summed E-state index contributed by atoms with van der Waals surface area (Å²) in [5.41, 5.74) is 6.08. The van der Waals surface area contributed by atoms with E-state index in [1.54, 1.807) is 0 Å². The molecule has 0 aliphatic rings. The predicted octanol–water partition coefficient (Wildman–Crippen LogP) is 5.81. The fourth-order valence-corrected chi connectivity index (χ4v) is 3.60. The van der Waals surface area contributed by atoms with E-state index in [0.717, 1.165) is 23.8 Å². The maximum Gasteiger partial charge on any atom is 0.173 e. The second kappa shape index (κ2) is 9.13. The first kappa shape index (κ1) is 20.4. The van der Waals surface area contributed by atoms with Crippen molar-refractivity contribution in [2.24, 2.45) is 5.92 Å². The third kappa shape index (κ3) is 5.28. The lowest BCUT2D eigenvalue weighted by molar-refractivity contribution is 0.318. The highest BCUT2D eigenvalue weighted by atomic mass is 32.1. The van der Waals surface area contributed by atoms with E-state index < -0.39 is 0 Å². The fraction of sp³-hybridized carbons (Fsp3) is 0.455. The Morgan fingerprint density at radius 2 is 1.65 bits per heavy atom. The van der Waals surface area contributed by atoms with E-state index in [4.69, 9.17) is 12.2 Å². The molecule has 0 unspecified atom stereocenters. The maximum absolute atomic E-state index is 5.84. The smallest absolute Gasteiger partial charge is 0.173 e. The largest absolute Gasteiger partial charge is 0.342 e. The van der Waals surface area contributed by atoms with Gasteiger partial charge in [-0.1, -0.05) is 31.5 Å². The van der Waals surface area contributed by atoms with Crippen molar-refractivity contribution in [2.45, 2.75) is 54.0 Å². The van der Waals surface area contributed by atoms with Gasteiger partial charge in [-0.15, -0.1) is 0 Å². The average molecular weight is 370 g/mol. The zero-order chi connectivity index (χ0) is 19.3. The van der Waals surface area contributed by atoms with Gasteiger partial charge in [0.25, 0.3) is 0 Å². The van der Waals surface area contributed by atoms with Crippen molar-refractivity contribution in [2.75, 3.05) is 11.9 Å². The number of nitrogens with zero attached hydrogens (tertiary/aromatic N) is 2. The molecule has 0 bridgehead atoms. The van der Waals surface area contributed by atoms with Gasteiger partial charge in [0.1, 0.15) is 0 Å². The summed E-state index contributed by atoms with van der Waals surface area (Å²) in [6.45, 7) is 14.0. The molecule has 0 saturated heterocycles. The van der Waals surface area contributed by atoms with Gasteiger partial charge in [0.05, 0.1) is 6.04 Å². The number of anilines is 1. The minimum atomic E-state index is 0.197. The van der Waals surface area contributed by atoms with Crippen molar-refractivity contribution in [1.29, 1.82) is 0 Å². The quantitative estimate of drug-likeness (QED) is 0.650. The van der Waals surface area contributed by atoms with E-state index in [0.29, 0.717) is 5.92 Å². The van der Waals surface area contributed by atoms with Crippen LogP contribution in [0.3, 0.4) is 0 Å². The van der Waals surface area contributed by atoms with E-state index >= 15 is 0 Å². The summed E-state index contributed by atoms with van der Waals surface area (Å²) in [7, 11) is 0. The number of benzene rings is 1. The van der Waals surface area contributed by atoms with Gasteiger partial charge in [-0.3, -0.25) is 4.98 Å². The highest BCUT2D eigenvalue weighted by Crippen LogP contribution is 2.26. The zero-order valence-corrected chi connectivity index (χ0v) is 17.7. The van der Waals surface area contributed by atoms with Crippen LogP contribution in [0.1, 0.15) is 55.5 Å². The summed E-state index contributed by atoms with van der Waals surface area (Å²) in [6.07, 6.45) is 4.79. The van der Waals surface area contributed by atoms with Gasteiger partial charge in [-0.2, -0.15) is 0 Å². The maximum atomic E-state index is 5.84. The van der Waals surface area contributed by atoms with Gasteiger partial charge in [0.15, 0.2) is 5.11 Å². The van der Waals surface area contributed by atoms with E-state index in [9.17, 15) is 0 Å². The molecular formula is C22H31N3S. The van der Waals surface area contributed by atoms with Gasteiger partial charge in [0.2, 0.25) is 0 Å². The van der Waals surface area contributed by atoms with Gasteiger partial charge >= 0.3 is 0 Å². The van der Waals surface area contributed by atoms with E-state index in [2.05, 4.69) is 81.0 Å². The number of aryl methyl sites for hydroxylation is 3.